The van der Waals surface area contributed by atoms with Crippen molar-refractivity contribution in [2.45, 2.75) is 18.9 Å². The summed E-state index contributed by atoms with van der Waals surface area (Å²) in [5.41, 5.74) is 0.759. The summed E-state index contributed by atoms with van der Waals surface area (Å²) in [5, 5.41) is 3.14. The van der Waals surface area contributed by atoms with Gasteiger partial charge in [0.2, 0.25) is 0 Å². The van der Waals surface area contributed by atoms with Gasteiger partial charge < -0.3 is 5.32 Å². The second kappa shape index (κ2) is 3.78. The molecule has 2 heteroatoms. The molecule has 2 aliphatic carbocycles. The van der Waals surface area contributed by atoms with Crippen LogP contribution in [-0.2, 0) is 0 Å². The van der Waals surface area contributed by atoms with E-state index in [4.69, 9.17) is 0 Å². The van der Waals surface area contributed by atoms with E-state index in [0.29, 0.717) is 17.9 Å². The van der Waals surface area contributed by atoms with Gasteiger partial charge in [-0.15, -0.1) is 0 Å². The Balaban J connectivity index is 1.68. The van der Waals surface area contributed by atoms with Crippen molar-refractivity contribution in [3.05, 3.63) is 48.0 Å². The topological polar surface area (TPSA) is 29.1 Å². The highest BCUT2D eigenvalue weighted by molar-refractivity contribution is 5.94. The van der Waals surface area contributed by atoms with E-state index in [0.717, 1.165) is 12.0 Å². The fourth-order valence-electron chi connectivity index (χ4n) is 2.79. The van der Waals surface area contributed by atoms with Crippen LogP contribution in [0, 0.1) is 11.8 Å². The molecule has 0 saturated heterocycles. The van der Waals surface area contributed by atoms with Crippen LogP contribution >= 0.6 is 0 Å². The number of allylic oxidation sites excluding steroid dienone is 1. The molecule has 3 rings (SSSR count). The number of carbonyl (C=O) groups excluding carboxylic acids is 1. The van der Waals surface area contributed by atoms with E-state index in [1.807, 2.05) is 30.3 Å². The highest BCUT2D eigenvalue weighted by Crippen LogP contribution is 2.38. The molecule has 1 N–H and O–H groups in total. The maximum Gasteiger partial charge on any atom is 0.251 e. The number of rotatable bonds is 2. The van der Waals surface area contributed by atoms with E-state index in [-0.39, 0.29) is 5.91 Å². The predicted molar refractivity (Wildman–Crippen MR) is 63.1 cm³/mol. The van der Waals surface area contributed by atoms with Gasteiger partial charge in [0.25, 0.3) is 5.91 Å². The number of hydrogen-bond acceptors (Lipinski definition) is 1. The van der Waals surface area contributed by atoms with Crippen molar-refractivity contribution in [3.8, 4) is 0 Å². The van der Waals surface area contributed by atoms with E-state index in [1.54, 1.807) is 0 Å². The first-order chi connectivity index (χ1) is 7.83. The fourth-order valence-corrected chi connectivity index (χ4v) is 2.79. The number of fused-ring (bicyclic) bond motifs is 2. The van der Waals surface area contributed by atoms with Crippen molar-refractivity contribution in [3.63, 3.8) is 0 Å². The third-order valence-electron chi connectivity index (χ3n) is 3.63. The first-order valence-corrected chi connectivity index (χ1v) is 5.87. The van der Waals surface area contributed by atoms with Crippen LogP contribution in [0.2, 0.25) is 0 Å². The average molecular weight is 213 g/mol. The molecule has 16 heavy (non-hydrogen) atoms. The van der Waals surface area contributed by atoms with Crippen LogP contribution in [0.1, 0.15) is 23.2 Å². The second-order valence-corrected chi connectivity index (χ2v) is 4.73. The van der Waals surface area contributed by atoms with Crippen molar-refractivity contribution in [1.29, 1.82) is 0 Å². The van der Waals surface area contributed by atoms with Gasteiger partial charge in [-0.25, -0.2) is 0 Å². The lowest BCUT2D eigenvalue weighted by Gasteiger charge is -2.19. The van der Waals surface area contributed by atoms with Crippen LogP contribution in [0.15, 0.2) is 42.5 Å². The van der Waals surface area contributed by atoms with E-state index in [2.05, 4.69) is 17.5 Å². The first kappa shape index (κ1) is 9.64. The molecular formula is C14H15NO. The Kier molecular flexibility index (Phi) is 2.28. The third kappa shape index (κ3) is 1.64. The predicted octanol–water partition coefficient (Wildman–Crippen LogP) is 2.38. The van der Waals surface area contributed by atoms with Crippen LogP contribution < -0.4 is 5.32 Å². The molecule has 1 amide bonds. The fraction of sp³-hybridized carbons (Fsp3) is 0.357. The molecule has 82 valence electrons. The van der Waals surface area contributed by atoms with E-state index >= 15 is 0 Å². The Morgan fingerprint density at radius 1 is 1.12 bits per heavy atom. The first-order valence-electron chi connectivity index (χ1n) is 5.87. The van der Waals surface area contributed by atoms with Gasteiger partial charge in [-0.3, -0.25) is 4.79 Å². The van der Waals surface area contributed by atoms with Crippen molar-refractivity contribution in [2.75, 3.05) is 0 Å². The van der Waals surface area contributed by atoms with Gasteiger partial charge in [-0.05, 0) is 36.8 Å². The van der Waals surface area contributed by atoms with Gasteiger partial charge >= 0.3 is 0 Å². The van der Waals surface area contributed by atoms with Crippen LogP contribution in [0.5, 0.6) is 0 Å². The van der Waals surface area contributed by atoms with Crippen LogP contribution in [-0.4, -0.2) is 11.9 Å². The Morgan fingerprint density at radius 3 is 2.56 bits per heavy atom. The molecule has 0 heterocycles. The average Bonchev–Trinajstić information content (AvgIpc) is 2.92. The minimum atomic E-state index is 0.0616. The summed E-state index contributed by atoms with van der Waals surface area (Å²) in [6, 6.07) is 9.79. The molecule has 3 unspecified atom stereocenters. The number of nitrogens with one attached hydrogen (secondary N) is 1. The lowest BCUT2D eigenvalue weighted by atomic mass is 10.0. The number of benzene rings is 1. The molecule has 0 aromatic heterocycles. The summed E-state index contributed by atoms with van der Waals surface area (Å²) in [5.74, 6) is 1.33. The van der Waals surface area contributed by atoms with Gasteiger partial charge in [0.15, 0.2) is 0 Å². The Hall–Kier alpha value is -1.57. The smallest absolute Gasteiger partial charge is 0.251 e. The summed E-state index contributed by atoms with van der Waals surface area (Å²) < 4.78 is 0. The van der Waals surface area contributed by atoms with Crippen molar-refractivity contribution >= 4 is 5.91 Å². The zero-order valence-corrected chi connectivity index (χ0v) is 9.10. The summed E-state index contributed by atoms with van der Waals surface area (Å²) >= 11 is 0. The lowest BCUT2D eigenvalue weighted by Crippen LogP contribution is -2.37. The van der Waals surface area contributed by atoms with Gasteiger partial charge in [-0.1, -0.05) is 30.4 Å². The Bertz CT molecular complexity index is 424. The zero-order chi connectivity index (χ0) is 11.0. The highest BCUT2D eigenvalue weighted by Gasteiger charge is 2.36. The normalized spacial score (nSPS) is 30.6. The summed E-state index contributed by atoms with van der Waals surface area (Å²) in [6.07, 6.45) is 6.87. The van der Waals surface area contributed by atoms with Gasteiger partial charge in [0.05, 0.1) is 0 Å². The van der Waals surface area contributed by atoms with Gasteiger partial charge in [0.1, 0.15) is 0 Å². The molecule has 1 aromatic rings. The van der Waals surface area contributed by atoms with E-state index in [1.165, 1.54) is 6.42 Å². The molecule has 0 radical (unpaired) electrons. The molecule has 2 aliphatic rings. The number of hydrogen-bond donors (Lipinski definition) is 1. The summed E-state index contributed by atoms with van der Waals surface area (Å²) in [4.78, 5) is 11.9. The van der Waals surface area contributed by atoms with Crippen LogP contribution in [0.3, 0.4) is 0 Å². The van der Waals surface area contributed by atoms with Crippen molar-refractivity contribution < 1.29 is 4.79 Å². The SMILES string of the molecule is O=C(NC1CC2C=CC1C2)c1ccccc1. The summed E-state index contributed by atoms with van der Waals surface area (Å²) in [6.45, 7) is 0. The van der Waals surface area contributed by atoms with Crippen molar-refractivity contribution in [2.24, 2.45) is 11.8 Å². The Morgan fingerprint density at radius 2 is 1.94 bits per heavy atom. The van der Waals surface area contributed by atoms with Gasteiger partial charge in [-0.2, -0.15) is 0 Å². The summed E-state index contributed by atoms with van der Waals surface area (Å²) in [7, 11) is 0. The van der Waals surface area contributed by atoms with E-state index < -0.39 is 0 Å². The standard InChI is InChI=1S/C14H15NO/c16-14(11-4-2-1-3-5-11)15-13-9-10-6-7-12(13)8-10/h1-7,10,12-13H,8-9H2,(H,15,16). The molecule has 0 aliphatic heterocycles. The maximum atomic E-state index is 11.9. The lowest BCUT2D eigenvalue weighted by molar-refractivity contribution is 0.0931. The quantitative estimate of drug-likeness (QED) is 0.751. The molecule has 1 aromatic carbocycles. The largest absolute Gasteiger partial charge is 0.349 e. The monoisotopic (exact) mass is 213 g/mol. The molecule has 2 nitrogen and oxygen atoms in total. The third-order valence-corrected chi connectivity index (χ3v) is 3.63. The molecule has 1 fully saturated rings. The highest BCUT2D eigenvalue weighted by atomic mass is 16.1. The minimum Gasteiger partial charge on any atom is -0.349 e. The van der Waals surface area contributed by atoms with E-state index in [9.17, 15) is 4.79 Å². The molecule has 2 bridgehead atoms. The zero-order valence-electron chi connectivity index (χ0n) is 9.10. The molecule has 1 saturated carbocycles. The molecule has 3 atom stereocenters. The Labute approximate surface area is 95.4 Å². The molecular weight excluding hydrogens is 198 g/mol. The number of carbonyl (C=O) groups is 1. The second-order valence-electron chi connectivity index (χ2n) is 4.73. The molecule has 0 spiro atoms. The number of amides is 1. The van der Waals surface area contributed by atoms with Crippen LogP contribution in [0.4, 0.5) is 0 Å². The van der Waals surface area contributed by atoms with Crippen LogP contribution in [0.25, 0.3) is 0 Å². The van der Waals surface area contributed by atoms with Gasteiger partial charge in [0, 0.05) is 11.6 Å². The maximum absolute atomic E-state index is 11.9. The minimum absolute atomic E-state index is 0.0616. The van der Waals surface area contributed by atoms with Crippen molar-refractivity contribution in [1.82, 2.24) is 5.32 Å².